The van der Waals surface area contributed by atoms with Gasteiger partial charge in [-0.25, -0.2) is 4.79 Å². The number of nitrogens with zero attached hydrogens (tertiary/aromatic N) is 2. The van der Waals surface area contributed by atoms with E-state index in [1.165, 1.54) is 0 Å². The van der Waals surface area contributed by atoms with Crippen LogP contribution in [0, 0.1) is 5.92 Å². The summed E-state index contributed by atoms with van der Waals surface area (Å²) >= 11 is 0. The number of hydrogen-bond donors (Lipinski definition) is 2. The quantitative estimate of drug-likeness (QED) is 0.329. The van der Waals surface area contributed by atoms with E-state index >= 15 is 0 Å². The van der Waals surface area contributed by atoms with E-state index in [2.05, 4.69) is 10.6 Å². The third-order valence-electron chi connectivity index (χ3n) is 8.74. The predicted octanol–water partition coefficient (Wildman–Crippen LogP) is 4.27. The summed E-state index contributed by atoms with van der Waals surface area (Å²) < 4.78 is 16.2. The van der Waals surface area contributed by atoms with Gasteiger partial charge in [-0.05, 0) is 66.1 Å². The number of nitrogens with one attached hydrogen (secondary N) is 2. The number of piperazine rings is 1. The van der Waals surface area contributed by atoms with E-state index < -0.39 is 23.9 Å². The molecule has 238 valence electrons. The maximum Gasteiger partial charge on any atom is 0.318 e. The van der Waals surface area contributed by atoms with Crippen LogP contribution < -0.4 is 24.8 Å². The Kier molecular flexibility index (Phi) is 10.2. The first-order chi connectivity index (χ1) is 21.9. The minimum absolute atomic E-state index is 0.164. The van der Waals surface area contributed by atoms with Crippen molar-refractivity contribution in [2.24, 2.45) is 5.92 Å². The van der Waals surface area contributed by atoms with E-state index in [0.29, 0.717) is 55.5 Å². The molecule has 0 spiro atoms. The Bertz CT molecular complexity index is 1450. The Hall–Kier alpha value is -4.57. The standard InChI is InChI=1S/C35H42N4O6/c1-5-18-37-35(42)39-31(24-8-14-27(44-3)15-9-24)30(33(40)25-10-16-28(45-4)17-11-25)29(23-6-12-26(43-2)13-7-23)32(39)34(41)38-21-19-36-20-22-38/h6-17,29-32,36H,5,18-22H2,1-4H3,(H,37,42). The number of Topliss-reactive ketones (excluding diaryl/α,β-unsaturated/α-hetero) is 1. The van der Waals surface area contributed by atoms with Crippen LogP contribution >= 0.6 is 0 Å². The SMILES string of the molecule is CCCNC(=O)N1C(C(=O)N2CCNCC2)C(c2ccc(OC)cc2)C(C(=O)c2ccc(OC)cc2)C1c1ccc(OC)cc1. The van der Waals surface area contributed by atoms with Crippen LogP contribution in [-0.2, 0) is 4.79 Å². The Morgan fingerprint density at radius 2 is 1.29 bits per heavy atom. The number of benzene rings is 3. The summed E-state index contributed by atoms with van der Waals surface area (Å²) in [5, 5.41) is 6.32. The average Bonchev–Trinajstić information content (AvgIpc) is 3.46. The molecule has 2 aliphatic heterocycles. The van der Waals surface area contributed by atoms with Crippen molar-refractivity contribution in [3.05, 3.63) is 89.5 Å². The molecule has 2 heterocycles. The fourth-order valence-electron chi connectivity index (χ4n) is 6.47. The molecular weight excluding hydrogens is 572 g/mol. The number of urea groups is 1. The number of ether oxygens (including phenoxy) is 3. The van der Waals surface area contributed by atoms with Crippen LogP contribution in [0.2, 0.25) is 0 Å². The van der Waals surface area contributed by atoms with E-state index in [0.717, 1.165) is 17.5 Å². The van der Waals surface area contributed by atoms with E-state index in [4.69, 9.17) is 14.2 Å². The molecule has 10 nitrogen and oxygen atoms in total. The number of likely N-dealkylation sites (tertiary alicyclic amines) is 1. The van der Waals surface area contributed by atoms with Crippen molar-refractivity contribution in [1.82, 2.24) is 20.4 Å². The molecule has 0 bridgehead atoms. The van der Waals surface area contributed by atoms with Crippen LogP contribution in [0.1, 0.15) is 46.8 Å². The van der Waals surface area contributed by atoms with Gasteiger partial charge >= 0.3 is 6.03 Å². The molecule has 2 N–H and O–H groups in total. The Morgan fingerprint density at radius 1 is 0.778 bits per heavy atom. The Balaban J connectivity index is 1.74. The van der Waals surface area contributed by atoms with Gasteiger partial charge in [-0.2, -0.15) is 0 Å². The summed E-state index contributed by atoms with van der Waals surface area (Å²) in [6, 6.07) is 19.8. The smallest absolute Gasteiger partial charge is 0.318 e. The first kappa shape index (κ1) is 31.8. The zero-order valence-electron chi connectivity index (χ0n) is 26.3. The lowest BCUT2D eigenvalue weighted by Crippen LogP contribution is -2.56. The van der Waals surface area contributed by atoms with Gasteiger partial charge in [0.25, 0.3) is 0 Å². The van der Waals surface area contributed by atoms with Crippen LogP contribution in [0.3, 0.4) is 0 Å². The van der Waals surface area contributed by atoms with Gasteiger partial charge in [-0.3, -0.25) is 9.59 Å². The van der Waals surface area contributed by atoms with Gasteiger partial charge in [0, 0.05) is 44.2 Å². The molecule has 3 aromatic rings. The topological polar surface area (TPSA) is 109 Å². The first-order valence-corrected chi connectivity index (χ1v) is 15.4. The molecule has 0 radical (unpaired) electrons. The van der Waals surface area contributed by atoms with Crippen LogP contribution in [0.5, 0.6) is 17.2 Å². The highest BCUT2D eigenvalue weighted by Crippen LogP contribution is 2.52. The predicted molar refractivity (Wildman–Crippen MR) is 171 cm³/mol. The molecule has 0 aliphatic carbocycles. The number of carbonyl (C=O) groups is 3. The number of methoxy groups -OCH3 is 3. The van der Waals surface area contributed by atoms with Crippen molar-refractivity contribution in [2.45, 2.75) is 31.3 Å². The van der Waals surface area contributed by atoms with Crippen molar-refractivity contribution in [3.8, 4) is 17.2 Å². The second-order valence-electron chi connectivity index (χ2n) is 11.3. The summed E-state index contributed by atoms with van der Waals surface area (Å²) in [7, 11) is 4.76. The highest BCUT2D eigenvalue weighted by Gasteiger charge is 2.58. The zero-order chi connectivity index (χ0) is 31.9. The Labute approximate surface area is 264 Å². The van der Waals surface area contributed by atoms with Gasteiger partial charge in [0.2, 0.25) is 5.91 Å². The summed E-state index contributed by atoms with van der Waals surface area (Å²) in [4.78, 5) is 47.1. The third-order valence-corrected chi connectivity index (χ3v) is 8.74. The Morgan fingerprint density at radius 3 is 1.80 bits per heavy atom. The van der Waals surface area contributed by atoms with E-state index in [-0.39, 0.29) is 17.7 Å². The van der Waals surface area contributed by atoms with Gasteiger partial charge in [-0.15, -0.1) is 0 Å². The van der Waals surface area contributed by atoms with Crippen molar-refractivity contribution in [3.63, 3.8) is 0 Å². The molecule has 3 aromatic carbocycles. The van der Waals surface area contributed by atoms with Crippen molar-refractivity contribution < 1.29 is 28.6 Å². The molecule has 0 saturated carbocycles. The molecule has 10 heteroatoms. The van der Waals surface area contributed by atoms with Gasteiger partial charge in [0.05, 0.1) is 33.3 Å². The molecule has 0 aromatic heterocycles. The maximum atomic E-state index is 14.8. The molecule has 2 fully saturated rings. The van der Waals surface area contributed by atoms with Gasteiger partial charge < -0.3 is 34.6 Å². The highest BCUT2D eigenvalue weighted by molar-refractivity contribution is 6.02. The van der Waals surface area contributed by atoms with Crippen LogP contribution in [-0.4, -0.2) is 87.6 Å². The molecule has 5 rings (SSSR count). The second-order valence-corrected chi connectivity index (χ2v) is 11.3. The highest BCUT2D eigenvalue weighted by atomic mass is 16.5. The number of amides is 3. The summed E-state index contributed by atoms with van der Waals surface area (Å²) in [5.74, 6) is 0.164. The van der Waals surface area contributed by atoms with Gasteiger partial charge in [0.15, 0.2) is 5.78 Å². The molecule has 3 amide bonds. The van der Waals surface area contributed by atoms with Gasteiger partial charge in [-0.1, -0.05) is 31.2 Å². The summed E-state index contributed by atoms with van der Waals surface area (Å²) in [6.45, 7) is 4.75. The zero-order valence-corrected chi connectivity index (χ0v) is 26.3. The molecular formula is C35H42N4O6. The first-order valence-electron chi connectivity index (χ1n) is 15.4. The van der Waals surface area contributed by atoms with Crippen LogP contribution in [0.15, 0.2) is 72.8 Å². The maximum absolute atomic E-state index is 14.8. The second kappa shape index (κ2) is 14.5. The lowest BCUT2D eigenvalue weighted by atomic mass is 9.76. The fourth-order valence-corrected chi connectivity index (χ4v) is 6.47. The monoisotopic (exact) mass is 614 g/mol. The molecule has 4 atom stereocenters. The largest absolute Gasteiger partial charge is 0.497 e. The normalized spacial score (nSPS) is 21.2. The van der Waals surface area contributed by atoms with Crippen LogP contribution in [0.4, 0.5) is 4.79 Å². The van der Waals surface area contributed by atoms with Crippen molar-refractivity contribution >= 4 is 17.7 Å². The minimum Gasteiger partial charge on any atom is -0.497 e. The minimum atomic E-state index is -0.937. The molecule has 2 aliphatic rings. The van der Waals surface area contributed by atoms with E-state index in [1.54, 1.807) is 50.5 Å². The average molecular weight is 615 g/mol. The lowest BCUT2D eigenvalue weighted by molar-refractivity contribution is -0.136. The number of ketones is 1. The third kappa shape index (κ3) is 6.61. The van der Waals surface area contributed by atoms with Crippen molar-refractivity contribution in [1.29, 1.82) is 0 Å². The number of hydrogen-bond acceptors (Lipinski definition) is 7. The van der Waals surface area contributed by atoms with E-state index in [9.17, 15) is 14.4 Å². The van der Waals surface area contributed by atoms with Crippen LogP contribution in [0.25, 0.3) is 0 Å². The molecule has 4 unspecified atom stereocenters. The summed E-state index contributed by atoms with van der Waals surface area (Å²) in [5.41, 5.74) is 1.99. The molecule has 45 heavy (non-hydrogen) atoms. The number of carbonyl (C=O) groups excluding carboxylic acids is 3. The lowest BCUT2D eigenvalue weighted by Gasteiger charge is -2.36. The fraction of sp³-hybridized carbons (Fsp3) is 0.400. The van der Waals surface area contributed by atoms with E-state index in [1.807, 2.05) is 60.4 Å². The summed E-state index contributed by atoms with van der Waals surface area (Å²) in [6.07, 6.45) is 0.722. The van der Waals surface area contributed by atoms with Gasteiger partial charge in [0.1, 0.15) is 23.3 Å². The van der Waals surface area contributed by atoms with Crippen molar-refractivity contribution in [2.75, 3.05) is 54.1 Å². The number of rotatable bonds is 10. The molecule has 2 saturated heterocycles.